The van der Waals surface area contributed by atoms with E-state index in [-0.39, 0.29) is 17.8 Å². The van der Waals surface area contributed by atoms with Gasteiger partial charge in [0.25, 0.3) is 0 Å². The van der Waals surface area contributed by atoms with Gasteiger partial charge >= 0.3 is 0 Å². The molecule has 0 saturated heterocycles. The van der Waals surface area contributed by atoms with Crippen molar-refractivity contribution < 1.29 is 9.53 Å². The lowest BCUT2D eigenvalue weighted by Crippen LogP contribution is -2.13. The highest BCUT2D eigenvalue weighted by Gasteiger charge is 2.13. The van der Waals surface area contributed by atoms with Gasteiger partial charge in [0, 0.05) is 6.20 Å². The van der Waals surface area contributed by atoms with E-state index in [2.05, 4.69) is 25.8 Å². The van der Waals surface area contributed by atoms with Crippen LogP contribution in [0.25, 0.3) is 0 Å². The highest BCUT2D eigenvalue weighted by molar-refractivity contribution is 5.95. The molecule has 3 nitrogen and oxygen atoms in total. The Morgan fingerprint density at radius 1 is 1.16 bits per heavy atom. The van der Waals surface area contributed by atoms with Gasteiger partial charge < -0.3 is 9.72 Å². The van der Waals surface area contributed by atoms with Crippen LogP contribution in [0.5, 0.6) is 5.75 Å². The van der Waals surface area contributed by atoms with E-state index < -0.39 is 0 Å². The number of H-pyrrole nitrogens is 1. The Hall–Kier alpha value is -2.03. The van der Waals surface area contributed by atoms with Crippen molar-refractivity contribution in [2.75, 3.05) is 6.61 Å². The van der Waals surface area contributed by atoms with Crippen molar-refractivity contribution in [1.82, 2.24) is 4.98 Å². The van der Waals surface area contributed by atoms with Gasteiger partial charge in [0.05, 0.1) is 5.69 Å². The van der Waals surface area contributed by atoms with Crippen molar-refractivity contribution in [2.24, 2.45) is 0 Å². The number of aromatic amines is 1. The van der Waals surface area contributed by atoms with E-state index >= 15 is 0 Å². The topological polar surface area (TPSA) is 42.1 Å². The average Bonchev–Trinajstić information content (AvgIpc) is 2.89. The molecule has 2 aromatic rings. The molecule has 0 fully saturated rings. The summed E-state index contributed by atoms with van der Waals surface area (Å²) in [5.74, 6) is 0.665. The Morgan fingerprint density at radius 3 is 2.37 bits per heavy atom. The quantitative estimate of drug-likeness (QED) is 0.851. The fourth-order valence-corrected chi connectivity index (χ4v) is 1.78. The number of carbonyl (C=O) groups is 1. The van der Waals surface area contributed by atoms with Gasteiger partial charge in [0.1, 0.15) is 5.75 Å². The maximum Gasteiger partial charge on any atom is 0.216 e. The summed E-state index contributed by atoms with van der Waals surface area (Å²) in [6.07, 6.45) is 1.73. The number of ketones is 1. The van der Waals surface area contributed by atoms with Crippen LogP contribution in [0, 0.1) is 0 Å². The summed E-state index contributed by atoms with van der Waals surface area (Å²) in [6.45, 7) is 6.54. The van der Waals surface area contributed by atoms with Gasteiger partial charge in [-0.1, -0.05) is 32.9 Å². The molecule has 0 aliphatic rings. The first-order valence-corrected chi connectivity index (χ1v) is 6.37. The SMILES string of the molecule is CC(C)(C)c1ccc(OCC(=O)c2ccc[nH]2)cc1. The van der Waals surface area contributed by atoms with E-state index in [1.807, 2.05) is 24.3 Å². The molecule has 1 heterocycles. The minimum Gasteiger partial charge on any atom is -0.485 e. The zero-order valence-corrected chi connectivity index (χ0v) is 11.6. The van der Waals surface area contributed by atoms with E-state index in [9.17, 15) is 4.79 Å². The van der Waals surface area contributed by atoms with E-state index in [1.54, 1.807) is 18.3 Å². The van der Waals surface area contributed by atoms with Gasteiger partial charge in [-0.15, -0.1) is 0 Å². The number of nitrogens with one attached hydrogen (secondary N) is 1. The third kappa shape index (κ3) is 3.47. The minimum absolute atomic E-state index is 0.0510. The largest absolute Gasteiger partial charge is 0.485 e. The van der Waals surface area contributed by atoms with Crippen molar-refractivity contribution >= 4 is 5.78 Å². The monoisotopic (exact) mass is 257 g/mol. The van der Waals surface area contributed by atoms with Crippen molar-refractivity contribution in [3.05, 3.63) is 53.9 Å². The number of rotatable bonds is 4. The molecular weight excluding hydrogens is 238 g/mol. The van der Waals surface area contributed by atoms with Crippen LogP contribution in [0.15, 0.2) is 42.6 Å². The van der Waals surface area contributed by atoms with Crippen LogP contribution in [0.2, 0.25) is 0 Å². The third-order valence-electron chi connectivity index (χ3n) is 2.99. The predicted molar refractivity (Wildman–Crippen MR) is 75.8 cm³/mol. The Morgan fingerprint density at radius 2 is 1.84 bits per heavy atom. The van der Waals surface area contributed by atoms with Gasteiger partial charge in [-0.25, -0.2) is 0 Å². The van der Waals surface area contributed by atoms with Crippen LogP contribution in [0.1, 0.15) is 36.8 Å². The van der Waals surface area contributed by atoms with Gasteiger partial charge in [-0.2, -0.15) is 0 Å². The zero-order chi connectivity index (χ0) is 13.9. The molecule has 0 spiro atoms. The van der Waals surface area contributed by atoms with Crippen molar-refractivity contribution in [3.8, 4) is 5.75 Å². The first-order chi connectivity index (χ1) is 8.97. The highest BCUT2D eigenvalue weighted by atomic mass is 16.5. The summed E-state index contributed by atoms with van der Waals surface area (Å²) in [5, 5.41) is 0. The zero-order valence-electron chi connectivity index (χ0n) is 11.6. The molecule has 3 heteroatoms. The van der Waals surface area contributed by atoms with E-state index in [0.29, 0.717) is 11.4 Å². The summed E-state index contributed by atoms with van der Waals surface area (Å²) < 4.78 is 5.49. The number of carbonyl (C=O) groups excluding carboxylic acids is 1. The summed E-state index contributed by atoms with van der Waals surface area (Å²) in [7, 11) is 0. The molecule has 0 aliphatic carbocycles. The maximum absolute atomic E-state index is 11.7. The molecule has 2 rings (SSSR count). The minimum atomic E-state index is -0.0510. The lowest BCUT2D eigenvalue weighted by molar-refractivity contribution is 0.0917. The molecular formula is C16H19NO2. The van der Waals surface area contributed by atoms with Crippen LogP contribution in [-0.2, 0) is 5.41 Å². The number of Topliss-reactive ketones (excluding diaryl/α,β-unsaturated/α-hetero) is 1. The van der Waals surface area contributed by atoms with Crippen LogP contribution >= 0.6 is 0 Å². The second-order valence-electron chi connectivity index (χ2n) is 5.57. The van der Waals surface area contributed by atoms with Gasteiger partial charge in [0.2, 0.25) is 5.78 Å². The Kier molecular flexibility index (Phi) is 3.74. The lowest BCUT2D eigenvalue weighted by Gasteiger charge is -2.19. The van der Waals surface area contributed by atoms with Crippen molar-refractivity contribution in [1.29, 1.82) is 0 Å². The van der Waals surface area contributed by atoms with Crippen LogP contribution in [0.3, 0.4) is 0 Å². The van der Waals surface area contributed by atoms with Crippen LogP contribution in [-0.4, -0.2) is 17.4 Å². The number of hydrogen-bond acceptors (Lipinski definition) is 2. The maximum atomic E-state index is 11.7. The Bertz CT molecular complexity index is 533. The number of benzene rings is 1. The molecule has 1 aromatic carbocycles. The number of ether oxygens (including phenoxy) is 1. The molecule has 0 amide bonds. The van der Waals surface area contributed by atoms with E-state index in [4.69, 9.17) is 4.74 Å². The summed E-state index contributed by atoms with van der Waals surface area (Å²) in [4.78, 5) is 14.6. The molecule has 100 valence electrons. The van der Waals surface area contributed by atoms with Crippen LogP contribution in [0.4, 0.5) is 0 Å². The molecule has 0 aliphatic heterocycles. The molecule has 1 aromatic heterocycles. The molecule has 0 atom stereocenters. The third-order valence-corrected chi connectivity index (χ3v) is 2.99. The Labute approximate surface area is 113 Å². The second kappa shape index (κ2) is 5.31. The van der Waals surface area contributed by atoms with E-state index in [0.717, 1.165) is 0 Å². The Balaban J connectivity index is 1.95. The average molecular weight is 257 g/mol. The molecule has 0 unspecified atom stereocenters. The first kappa shape index (κ1) is 13.4. The highest BCUT2D eigenvalue weighted by Crippen LogP contribution is 2.24. The van der Waals surface area contributed by atoms with Gasteiger partial charge in [0.15, 0.2) is 6.61 Å². The standard InChI is InChI=1S/C16H19NO2/c1-16(2,3)12-6-8-13(9-7-12)19-11-15(18)14-5-4-10-17-14/h4-10,17H,11H2,1-3H3. The molecule has 19 heavy (non-hydrogen) atoms. The summed E-state index contributed by atoms with van der Waals surface area (Å²) >= 11 is 0. The predicted octanol–water partition coefficient (Wildman–Crippen LogP) is 3.57. The second-order valence-corrected chi connectivity index (χ2v) is 5.57. The normalized spacial score (nSPS) is 11.3. The first-order valence-electron chi connectivity index (χ1n) is 6.37. The lowest BCUT2D eigenvalue weighted by atomic mass is 9.87. The summed E-state index contributed by atoms with van der Waals surface area (Å²) in [5.41, 5.74) is 1.94. The summed E-state index contributed by atoms with van der Waals surface area (Å²) in [6, 6.07) is 11.4. The van der Waals surface area contributed by atoms with Crippen LogP contribution < -0.4 is 4.74 Å². The fraction of sp³-hybridized carbons (Fsp3) is 0.312. The van der Waals surface area contributed by atoms with Gasteiger partial charge in [-0.05, 0) is 35.2 Å². The molecule has 0 radical (unpaired) electrons. The molecule has 1 N–H and O–H groups in total. The molecule has 0 saturated carbocycles. The van der Waals surface area contributed by atoms with Gasteiger partial charge in [-0.3, -0.25) is 4.79 Å². The molecule has 0 bridgehead atoms. The fourth-order valence-electron chi connectivity index (χ4n) is 1.78. The number of aromatic nitrogens is 1. The van der Waals surface area contributed by atoms with E-state index in [1.165, 1.54) is 5.56 Å². The number of hydrogen-bond donors (Lipinski definition) is 1. The van der Waals surface area contributed by atoms with Crippen molar-refractivity contribution in [2.45, 2.75) is 26.2 Å². The van der Waals surface area contributed by atoms with Crippen molar-refractivity contribution in [3.63, 3.8) is 0 Å². The smallest absolute Gasteiger partial charge is 0.216 e.